The number of aryl methyl sites for hydroxylation is 2. The molecule has 22 heavy (non-hydrogen) atoms. The average Bonchev–Trinajstić information content (AvgIpc) is 2.67. The van der Waals surface area contributed by atoms with Crippen LogP contribution in [0.3, 0.4) is 0 Å². The van der Waals surface area contributed by atoms with Crippen molar-refractivity contribution >= 4 is 6.09 Å². The van der Waals surface area contributed by atoms with Gasteiger partial charge in [-0.05, 0) is 58.7 Å². The van der Waals surface area contributed by atoms with E-state index in [4.69, 9.17) is 4.74 Å². The lowest BCUT2D eigenvalue weighted by Gasteiger charge is -2.24. The van der Waals surface area contributed by atoms with Gasteiger partial charge in [-0.2, -0.15) is 0 Å². The Kier molecular flexibility index (Phi) is 4.75. The Morgan fingerprint density at radius 3 is 2.64 bits per heavy atom. The fourth-order valence-corrected chi connectivity index (χ4v) is 2.83. The van der Waals surface area contributed by atoms with Crippen LogP contribution >= 0.6 is 0 Å². The number of nitrogens with zero attached hydrogens (tertiary/aromatic N) is 2. The van der Waals surface area contributed by atoms with Crippen LogP contribution in [-0.2, 0) is 11.2 Å². The Morgan fingerprint density at radius 1 is 1.36 bits per heavy atom. The molecule has 0 spiro atoms. The number of carbonyl (C=O) groups excluding carboxylic acids is 1. The van der Waals surface area contributed by atoms with E-state index in [9.17, 15) is 9.90 Å². The fourth-order valence-electron chi connectivity index (χ4n) is 2.83. The zero-order valence-corrected chi connectivity index (χ0v) is 14.1. The largest absolute Gasteiger partial charge is 0.444 e. The normalized spacial score (nSPS) is 22.0. The van der Waals surface area contributed by atoms with Crippen LogP contribution in [0.2, 0.25) is 0 Å². The summed E-state index contributed by atoms with van der Waals surface area (Å²) in [4.78, 5) is 18.2. The first-order valence-electron chi connectivity index (χ1n) is 7.74. The lowest BCUT2D eigenvalue weighted by Crippen LogP contribution is -2.35. The number of ether oxygens (including phenoxy) is 1. The van der Waals surface area contributed by atoms with Crippen molar-refractivity contribution in [3.8, 4) is 0 Å². The number of carbonyl (C=O) groups is 1. The van der Waals surface area contributed by atoms with Crippen LogP contribution in [-0.4, -0.2) is 45.9 Å². The van der Waals surface area contributed by atoms with Gasteiger partial charge in [0.2, 0.25) is 0 Å². The molecule has 0 aliphatic carbocycles. The first-order chi connectivity index (χ1) is 10.1. The van der Waals surface area contributed by atoms with E-state index in [1.165, 1.54) is 5.56 Å². The molecule has 2 heterocycles. The van der Waals surface area contributed by atoms with Crippen LogP contribution in [0, 0.1) is 19.8 Å². The SMILES string of the molecule is Cc1cc(C)nc(C[C@@H]2CN(C(=O)OC(C)(C)C)C[C@@H]2O)c1. The summed E-state index contributed by atoms with van der Waals surface area (Å²) in [5.74, 6) is 0.00113. The van der Waals surface area contributed by atoms with Gasteiger partial charge < -0.3 is 14.7 Å². The molecule has 122 valence electrons. The van der Waals surface area contributed by atoms with Crippen molar-refractivity contribution in [2.75, 3.05) is 13.1 Å². The molecule has 2 atom stereocenters. The highest BCUT2D eigenvalue weighted by molar-refractivity contribution is 5.68. The standard InChI is InChI=1S/C17H26N2O3/c1-11-6-12(2)18-14(7-11)8-13-9-19(10-15(13)20)16(21)22-17(3,4)5/h6-7,13,15,20H,8-10H2,1-5H3/t13-,15+/m1/s1. The van der Waals surface area contributed by atoms with Gasteiger partial charge in [0.1, 0.15) is 5.60 Å². The lowest BCUT2D eigenvalue weighted by molar-refractivity contribution is 0.0269. The predicted molar refractivity (Wildman–Crippen MR) is 84.7 cm³/mol. The van der Waals surface area contributed by atoms with Gasteiger partial charge in [0.15, 0.2) is 0 Å². The predicted octanol–water partition coefficient (Wildman–Crippen LogP) is 2.47. The number of hydrogen-bond donors (Lipinski definition) is 1. The summed E-state index contributed by atoms with van der Waals surface area (Å²) in [6.07, 6.45) is -0.222. The summed E-state index contributed by atoms with van der Waals surface area (Å²) in [7, 11) is 0. The topological polar surface area (TPSA) is 62.7 Å². The van der Waals surface area contributed by atoms with Gasteiger partial charge in [-0.1, -0.05) is 0 Å². The third-order valence-electron chi connectivity index (χ3n) is 3.68. The quantitative estimate of drug-likeness (QED) is 0.911. The van der Waals surface area contributed by atoms with E-state index in [2.05, 4.69) is 4.98 Å². The van der Waals surface area contributed by atoms with E-state index in [-0.39, 0.29) is 12.0 Å². The number of hydrogen-bond acceptors (Lipinski definition) is 4. The summed E-state index contributed by atoms with van der Waals surface area (Å²) < 4.78 is 5.37. The van der Waals surface area contributed by atoms with Crippen LogP contribution in [0.5, 0.6) is 0 Å². The molecule has 2 rings (SSSR count). The van der Waals surface area contributed by atoms with E-state index in [0.717, 1.165) is 11.4 Å². The van der Waals surface area contributed by atoms with E-state index in [1.807, 2.05) is 46.8 Å². The van der Waals surface area contributed by atoms with Gasteiger partial charge in [-0.3, -0.25) is 4.98 Å². The van der Waals surface area contributed by atoms with Crippen LogP contribution in [0.25, 0.3) is 0 Å². The molecule has 1 fully saturated rings. The first kappa shape index (κ1) is 16.7. The molecule has 1 N–H and O–H groups in total. The fraction of sp³-hybridized carbons (Fsp3) is 0.647. The molecule has 1 aromatic heterocycles. The molecule has 1 amide bonds. The van der Waals surface area contributed by atoms with Crippen molar-refractivity contribution in [3.05, 3.63) is 29.1 Å². The van der Waals surface area contributed by atoms with Crippen LogP contribution in [0.4, 0.5) is 4.79 Å². The zero-order valence-electron chi connectivity index (χ0n) is 14.1. The number of rotatable bonds is 2. The summed E-state index contributed by atoms with van der Waals surface area (Å²) in [5.41, 5.74) is 2.59. The minimum absolute atomic E-state index is 0.00113. The smallest absolute Gasteiger partial charge is 0.410 e. The summed E-state index contributed by atoms with van der Waals surface area (Å²) >= 11 is 0. The molecule has 0 unspecified atom stereocenters. The van der Waals surface area contributed by atoms with Gasteiger partial charge >= 0.3 is 6.09 Å². The molecule has 1 aliphatic heterocycles. The number of likely N-dealkylation sites (tertiary alicyclic amines) is 1. The van der Waals surface area contributed by atoms with Crippen molar-refractivity contribution < 1.29 is 14.6 Å². The molecule has 1 aromatic rings. The van der Waals surface area contributed by atoms with Crippen molar-refractivity contribution in [2.45, 2.75) is 52.7 Å². The second kappa shape index (κ2) is 6.24. The molecule has 0 radical (unpaired) electrons. The number of aliphatic hydroxyl groups is 1. The number of β-amino-alcohol motifs (C(OH)–C–C–N with tert-alkyl or cyclic N) is 1. The third kappa shape index (κ3) is 4.44. The maximum Gasteiger partial charge on any atom is 0.410 e. The highest BCUT2D eigenvalue weighted by atomic mass is 16.6. The Labute approximate surface area is 132 Å². The molecule has 5 nitrogen and oxygen atoms in total. The maximum atomic E-state index is 12.1. The Morgan fingerprint density at radius 2 is 2.05 bits per heavy atom. The molecule has 0 bridgehead atoms. The molecule has 5 heteroatoms. The Hall–Kier alpha value is -1.62. The minimum Gasteiger partial charge on any atom is -0.444 e. The number of aromatic nitrogens is 1. The van der Waals surface area contributed by atoms with Crippen molar-refractivity contribution in [1.82, 2.24) is 9.88 Å². The van der Waals surface area contributed by atoms with Gasteiger partial charge in [0, 0.05) is 23.9 Å². The summed E-state index contributed by atoms with van der Waals surface area (Å²) in [6.45, 7) is 10.4. The van der Waals surface area contributed by atoms with E-state index in [0.29, 0.717) is 19.5 Å². The van der Waals surface area contributed by atoms with Crippen LogP contribution < -0.4 is 0 Å². The molecular weight excluding hydrogens is 280 g/mol. The highest BCUT2D eigenvalue weighted by Gasteiger charge is 2.36. The highest BCUT2D eigenvalue weighted by Crippen LogP contribution is 2.23. The first-order valence-corrected chi connectivity index (χ1v) is 7.74. The molecule has 0 aromatic carbocycles. The number of pyridine rings is 1. The molecule has 1 aliphatic rings. The lowest BCUT2D eigenvalue weighted by atomic mass is 9.99. The summed E-state index contributed by atoms with van der Waals surface area (Å²) in [6, 6.07) is 4.07. The molecule has 0 saturated carbocycles. The minimum atomic E-state index is -0.532. The Balaban J connectivity index is 2.00. The van der Waals surface area contributed by atoms with Gasteiger partial charge in [-0.15, -0.1) is 0 Å². The molecular formula is C17H26N2O3. The van der Waals surface area contributed by atoms with Gasteiger partial charge in [0.25, 0.3) is 0 Å². The van der Waals surface area contributed by atoms with E-state index < -0.39 is 11.7 Å². The van der Waals surface area contributed by atoms with Crippen molar-refractivity contribution in [1.29, 1.82) is 0 Å². The van der Waals surface area contributed by atoms with Crippen molar-refractivity contribution in [2.24, 2.45) is 5.92 Å². The maximum absolute atomic E-state index is 12.1. The number of amides is 1. The number of aliphatic hydroxyl groups excluding tert-OH is 1. The van der Waals surface area contributed by atoms with Crippen molar-refractivity contribution in [3.63, 3.8) is 0 Å². The second-order valence-electron chi connectivity index (χ2n) is 7.19. The monoisotopic (exact) mass is 306 g/mol. The van der Waals surface area contributed by atoms with Gasteiger partial charge in [-0.25, -0.2) is 4.79 Å². The second-order valence-corrected chi connectivity index (χ2v) is 7.19. The molecule has 1 saturated heterocycles. The third-order valence-corrected chi connectivity index (χ3v) is 3.68. The van der Waals surface area contributed by atoms with E-state index in [1.54, 1.807) is 4.90 Å². The van der Waals surface area contributed by atoms with Crippen LogP contribution in [0.15, 0.2) is 12.1 Å². The average molecular weight is 306 g/mol. The van der Waals surface area contributed by atoms with Gasteiger partial charge in [0.05, 0.1) is 12.6 Å². The Bertz CT molecular complexity index is 531. The van der Waals surface area contributed by atoms with Crippen LogP contribution in [0.1, 0.15) is 37.7 Å². The zero-order chi connectivity index (χ0) is 16.5. The van der Waals surface area contributed by atoms with E-state index >= 15 is 0 Å². The summed E-state index contributed by atoms with van der Waals surface area (Å²) in [5, 5.41) is 10.2.